The molecule has 4 heteroatoms. The highest BCUT2D eigenvalue weighted by Gasteiger charge is 2.03. The van der Waals surface area contributed by atoms with E-state index in [9.17, 15) is 0 Å². The lowest BCUT2D eigenvalue weighted by Crippen LogP contribution is -1.85. The standard InChI is InChI=1S/C4H7N3O/c1-3(2)4-5-6-7-8-4/h3H,1-2H3. The molecule has 0 aliphatic heterocycles. The second kappa shape index (κ2) is 1.90. The molecule has 44 valence electrons. The Morgan fingerprint density at radius 3 is 2.50 bits per heavy atom. The summed E-state index contributed by atoms with van der Waals surface area (Å²) in [7, 11) is 0. The van der Waals surface area contributed by atoms with E-state index in [1.807, 2.05) is 13.8 Å². The lowest BCUT2D eigenvalue weighted by molar-refractivity contribution is 0.350. The zero-order valence-corrected chi connectivity index (χ0v) is 4.83. The van der Waals surface area contributed by atoms with Crippen molar-refractivity contribution < 1.29 is 4.52 Å². The number of hydrogen-bond donors (Lipinski definition) is 0. The lowest BCUT2D eigenvalue weighted by Gasteiger charge is -1.89. The third kappa shape index (κ3) is 0.828. The Balaban J connectivity index is 2.77. The largest absolute Gasteiger partial charge is 0.320 e. The zero-order valence-electron chi connectivity index (χ0n) is 4.83. The van der Waals surface area contributed by atoms with Crippen LogP contribution in [0.15, 0.2) is 4.52 Å². The molecule has 1 aromatic heterocycles. The molecule has 0 fully saturated rings. The molecule has 0 radical (unpaired) electrons. The van der Waals surface area contributed by atoms with Gasteiger partial charge in [-0.2, -0.15) is 0 Å². The van der Waals surface area contributed by atoms with Crippen molar-refractivity contribution in [3.05, 3.63) is 5.89 Å². The van der Waals surface area contributed by atoms with Crippen LogP contribution >= 0.6 is 0 Å². The molecule has 4 nitrogen and oxygen atoms in total. The van der Waals surface area contributed by atoms with Gasteiger partial charge in [0.1, 0.15) is 0 Å². The Morgan fingerprint density at radius 1 is 1.50 bits per heavy atom. The van der Waals surface area contributed by atoms with E-state index in [4.69, 9.17) is 0 Å². The van der Waals surface area contributed by atoms with E-state index >= 15 is 0 Å². The van der Waals surface area contributed by atoms with Crippen molar-refractivity contribution in [3.8, 4) is 0 Å². The van der Waals surface area contributed by atoms with Crippen LogP contribution in [0.5, 0.6) is 0 Å². The van der Waals surface area contributed by atoms with Crippen molar-refractivity contribution in [3.63, 3.8) is 0 Å². The summed E-state index contributed by atoms with van der Waals surface area (Å²) in [5.41, 5.74) is 0. The minimum atomic E-state index is 0.282. The minimum Gasteiger partial charge on any atom is -0.320 e. The van der Waals surface area contributed by atoms with Gasteiger partial charge in [-0.05, 0) is 5.21 Å². The van der Waals surface area contributed by atoms with Crippen molar-refractivity contribution in [2.24, 2.45) is 0 Å². The summed E-state index contributed by atoms with van der Waals surface area (Å²) >= 11 is 0. The van der Waals surface area contributed by atoms with Gasteiger partial charge in [0, 0.05) is 5.92 Å². The van der Waals surface area contributed by atoms with Crippen LogP contribution < -0.4 is 0 Å². The lowest BCUT2D eigenvalue weighted by atomic mass is 10.2. The molecule has 0 aliphatic rings. The van der Waals surface area contributed by atoms with Gasteiger partial charge in [-0.1, -0.05) is 18.9 Å². The molecule has 0 unspecified atom stereocenters. The van der Waals surface area contributed by atoms with Gasteiger partial charge in [0.15, 0.2) is 0 Å². The Hall–Kier alpha value is -0.930. The molecule has 0 N–H and O–H groups in total. The molecule has 0 amide bonds. The highest BCUT2D eigenvalue weighted by Crippen LogP contribution is 2.06. The minimum absolute atomic E-state index is 0.282. The smallest absolute Gasteiger partial charge is 0.250 e. The zero-order chi connectivity index (χ0) is 5.98. The molecule has 1 aromatic rings. The predicted octanol–water partition coefficient (Wildman–Crippen LogP) is 0.588. The summed E-state index contributed by atoms with van der Waals surface area (Å²) < 4.78 is 4.62. The maximum absolute atomic E-state index is 4.62. The summed E-state index contributed by atoms with van der Waals surface area (Å²) in [6.07, 6.45) is 0. The monoisotopic (exact) mass is 113 g/mol. The van der Waals surface area contributed by atoms with Crippen molar-refractivity contribution >= 4 is 0 Å². The molecule has 0 saturated heterocycles. The molecule has 0 spiro atoms. The van der Waals surface area contributed by atoms with Crippen molar-refractivity contribution in [1.29, 1.82) is 0 Å². The number of nitrogens with zero attached hydrogens (tertiary/aromatic N) is 3. The van der Waals surface area contributed by atoms with E-state index in [2.05, 4.69) is 20.1 Å². The normalized spacial score (nSPS) is 10.4. The fourth-order valence-corrected chi connectivity index (χ4v) is 0.362. The molecule has 8 heavy (non-hydrogen) atoms. The molecule has 0 bridgehead atoms. The van der Waals surface area contributed by atoms with E-state index in [1.54, 1.807) is 0 Å². The summed E-state index contributed by atoms with van der Waals surface area (Å²) in [5, 5.41) is 10.1. The Kier molecular flexibility index (Phi) is 1.24. The average molecular weight is 113 g/mol. The van der Waals surface area contributed by atoms with Crippen molar-refractivity contribution in [2.75, 3.05) is 0 Å². The van der Waals surface area contributed by atoms with Crippen LogP contribution in [0.2, 0.25) is 0 Å². The first-order valence-corrected chi connectivity index (χ1v) is 2.45. The van der Waals surface area contributed by atoms with Gasteiger partial charge in [-0.3, -0.25) is 0 Å². The summed E-state index contributed by atoms with van der Waals surface area (Å²) in [6, 6.07) is 0. The van der Waals surface area contributed by atoms with E-state index in [0.29, 0.717) is 5.89 Å². The summed E-state index contributed by atoms with van der Waals surface area (Å²) in [4.78, 5) is 0. The van der Waals surface area contributed by atoms with Gasteiger partial charge < -0.3 is 4.52 Å². The van der Waals surface area contributed by atoms with E-state index in [1.165, 1.54) is 0 Å². The quantitative estimate of drug-likeness (QED) is 0.534. The van der Waals surface area contributed by atoms with E-state index in [0.717, 1.165) is 0 Å². The third-order valence-corrected chi connectivity index (χ3v) is 0.808. The average Bonchev–Trinajstić information content (AvgIpc) is 2.12. The fraction of sp³-hybridized carbons (Fsp3) is 0.750. The van der Waals surface area contributed by atoms with Crippen molar-refractivity contribution in [1.82, 2.24) is 15.6 Å². The molecule has 0 aromatic carbocycles. The maximum Gasteiger partial charge on any atom is 0.250 e. The fourth-order valence-electron chi connectivity index (χ4n) is 0.362. The second-order valence-electron chi connectivity index (χ2n) is 1.86. The van der Waals surface area contributed by atoms with Crippen LogP contribution in [-0.2, 0) is 0 Å². The van der Waals surface area contributed by atoms with Gasteiger partial charge in [0.2, 0.25) is 0 Å². The molecule has 0 saturated carbocycles. The van der Waals surface area contributed by atoms with Gasteiger partial charge in [0.25, 0.3) is 5.89 Å². The Bertz CT molecular complexity index is 146. The van der Waals surface area contributed by atoms with Crippen molar-refractivity contribution in [2.45, 2.75) is 19.8 Å². The first-order chi connectivity index (χ1) is 3.80. The molecule has 1 rings (SSSR count). The van der Waals surface area contributed by atoms with Gasteiger partial charge in [-0.15, -0.1) is 0 Å². The number of rotatable bonds is 1. The maximum atomic E-state index is 4.62. The summed E-state index contributed by atoms with van der Waals surface area (Å²) in [5.74, 6) is 0.870. The van der Waals surface area contributed by atoms with Crippen LogP contribution in [0.1, 0.15) is 25.7 Å². The molecule has 0 atom stereocenters. The molecule has 1 heterocycles. The summed E-state index contributed by atoms with van der Waals surface area (Å²) in [6.45, 7) is 3.93. The highest BCUT2D eigenvalue weighted by molar-refractivity contribution is 4.78. The van der Waals surface area contributed by atoms with Gasteiger partial charge in [-0.25, -0.2) is 0 Å². The Labute approximate surface area is 46.9 Å². The van der Waals surface area contributed by atoms with Crippen LogP contribution in [0.4, 0.5) is 0 Å². The van der Waals surface area contributed by atoms with Crippen LogP contribution in [0.3, 0.4) is 0 Å². The first kappa shape index (κ1) is 5.21. The second-order valence-corrected chi connectivity index (χ2v) is 1.86. The van der Waals surface area contributed by atoms with E-state index in [-0.39, 0.29) is 5.92 Å². The highest BCUT2D eigenvalue weighted by atomic mass is 16.5. The first-order valence-electron chi connectivity index (χ1n) is 2.45. The number of hydrogen-bond acceptors (Lipinski definition) is 4. The van der Waals surface area contributed by atoms with E-state index < -0.39 is 0 Å². The molecular formula is C4H7N3O. The van der Waals surface area contributed by atoms with Crippen LogP contribution in [0.25, 0.3) is 0 Å². The number of aromatic nitrogens is 3. The molecular weight excluding hydrogens is 106 g/mol. The van der Waals surface area contributed by atoms with Gasteiger partial charge >= 0.3 is 0 Å². The third-order valence-electron chi connectivity index (χ3n) is 0.808. The van der Waals surface area contributed by atoms with Crippen LogP contribution in [0, 0.1) is 0 Å². The van der Waals surface area contributed by atoms with Crippen LogP contribution in [-0.4, -0.2) is 15.6 Å². The molecule has 0 aliphatic carbocycles. The van der Waals surface area contributed by atoms with Gasteiger partial charge in [0.05, 0.1) is 5.27 Å². The SMILES string of the molecule is CC(C)c1nnno1. The predicted molar refractivity (Wildman–Crippen MR) is 26.2 cm³/mol. The Morgan fingerprint density at radius 2 is 2.25 bits per heavy atom. The topological polar surface area (TPSA) is 51.8 Å².